The summed E-state index contributed by atoms with van der Waals surface area (Å²) < 4.78 is 0. The van der Waals surface area contributed by atoms with Crippen molar-refractivity contribution in [2.45, 2.75) is 52.1 Å². The molecule has 1 heterocycles. The molecule has 1 aliphatic heterocycles. The van der Waals surface area contributed by atoms with Crippen molar-refractivity contribution in [3.63, 3.8) is 0 Å². The third-order valence-corrected chi connectivity index (χ3v) is 3.97. The van der Waals surface area contributed by atoms with Gasteiger partial charge in [0.05, 0.1) is 0 Å². The number of hydrogen-bond donors (Lipinski definition) is 1. The van der Waals surface area contributed by atoms with E-state index in [0.717, 1.165) is 6.54 Å². The quantitative estimate of drug-likeness (QED) is 0.851. The van der Waals surface area contributed by atoms with Gasteiger partial charge in [-0.15, -0.1) is 0 Å². The van der Waals surface area contributed by atoms with Crippen LogP contribution in [0.2, 0.25) is 0 Å². The van der Waals surface area contributed by atoms with Crippen molar-refractivity contribution in [2.75, 3.05) is 18.0 Å². The Morgan fingerprint density at radius 2 is 2.17 bits per heavy atom. The van der Waals surface area contributed by atoms with Crippen LogP contribution in [0.25, 0.3) is 0 Å². The Hall–Kier alpha value is -1.02. The minimum Gasteiger partial charge on any atom is -0.369 e. The summed E-state index contributed by atoms with van der Waals surface area (Å²) in [5.74, 6) is 0. The van der Waals surface area contributed by atoms with E-state index in [4.69, 9.17) is 0 Å². The van der Waals surface area contributed by atoms with Gasteiger partial charge in [0.15, 0.2) is 0 Å². The van der Waals surface area contributed by atoms with Gasteiger partial charge in [-0.2, -0.15) is 0 Å². The molecule has 0 spiro atoms. The van der Waals surface area contributed by atoms with Crippen LogP contribution in [-0.4, -0.2) is 19.1 Å². The lowest BCUT2D eigenvalue weighted by molar-refractivity contribution is 0.568. The molecule has 0 amide bonds. The van der Waals surface area contributed by atoms with Crippen LogP contribution < -0.4 is 10.2 Å². The molecular formula is C16H26N2. The van der Waals surface area contributed by atoms with Crippen LogP contribution in [0.15, 0.2) is 24.3 Å². The number of benzene rings is 1. The van der Waals surface area contributed by atoms with Crippen molar-refractivity contribution in [2.24, 2.45) is 0 Å². The third kappa shape index (κ3) is 2.86. The van der Waals surface area contributed by atoms with E-state index in [1.807, 2.05) is 0 Å². The molecule has 2 heteroatoms. The van der Waals surface area contributed by atoms with Crippen LogP contribution in [-0.2, 0) is 0 Å². The summed E-state index contributed by atoms with van der Waals surface area (Å²) in [5.41, 5.74) is 2.87. The van der Waals surface area contributed by atoms with Crippen molar-refractivity contribution in [3.8, 4) is 0 Å². The lowest BCUT2D eigenvalue weighted by Gasteiger charge is -2.28. The fourth-order valence-electron chi connectivity index (χ4n) is 2.88. The number of hydrogen-bond acceptors (Lipinski definition) is 2. The Labute approximate surface area is 111 Å². The van der Waals surface area contributed by atoms with Gasteiger partial charge in [-0.3, -0.25) is 0 Å². The second kappa shape index (κ2) is 6.24. The minimum absolute atomic E-state index is 0.439. The lowest BCUT2D eigenvalue weighted by Crippen LogP contribution is -2.29. The normalized spacial score (nSPS) is 21.3. The predicted molar refractivity (Wildman–Crippen MR) is 79.2 cm³/mol. The molecule has 1 saturated heterocycles. The number of para-hydroxylation sites is 1. The minimum atomic E-state index is 0.439. The van der Waals surface area contributed by atoms with Crippen molar-refractivity contribution in [1.82, 2.24) is 5.32 Å². The van der Waals surface area contributed by atoms with Gasteiger partial charge in [-0.1, -0.05) is 25.1 Å². The van der Waals surface area contributed by atoms with Crippen molar-refractivity contribution in [1.29, 1.82) is 0 Å². The predicted octanol–water partition coefficient (Wildman–Crippen LogP) is 3.74. The highest BCUT2D eigenvalue weighted by Crippen LogP contribution is 2.31. The van der Waals surface area contributed by atoms with Crippen LogP contribution in [0.3, 0.4) is 0 Å². The highest BCUT2D eigenvalue weighted by atomic mass is 15.2. The van der Waals surface area contributed by atoms with Gasteiger partial charge in [-0.05, 0) is 51.3 Å². The van der Waals surface area contributed by atoms with E-state index in [2.05, 4.69) is 55.3 Å². The van der Waals surface area contributed by atoms with Gasteiger partial charge in [0, 0.05) is 24.3 Å². The number of rotatable bonds is 5. The van der Waals surface area contributed by atoms with Crippen LogP contribution in [0, 0.1) is 0 Å². The van der Waals surface area contributed by atoms with Gasteiger partial charge in [0.2, 0.25) is 0 Å². The molecular weight excluding hydrogens is 220 g/mol. The fraction of sp³-hybridized carbons (Fsp3) is 0.625. The lowest BCUT2D eigenvalue weighted by atomic mass is 10.0. The third-order valence-electron chi connectivity index (χ3n) is 3.97. The van der Waals surface area contributed by atoms with E-state index < -0.39 is 0 Å². The molecule has 0 saturated carbocycles. The standard InChI is InChI=1S/C16H26N2/c1-4-11-17-14(3)15-9-5-6-10-16(15)18-12-7-8-13(18)2/h5-6,9-10,13-14,17H,4,7-8,11-12H2,1-3H3. The summed E-state index contributed by atoms with van der Waals surface area (Å²) >= 11 is 0. The SMILES string of the molecule is CCCNC(C)c1ccccc1N1CCCC1C. The molecule has 0 radical (unpaired) electrons. The largest absolute Gasteiger partial charge is 0.369 e. The highest BCUT2D eigenvalue weighted by Gasteiger charge is 2.23. The Kier molecular flexibility index (Phi) is 4.65. The molecule has 1 aromatic carbocycles. The van der Waals surface area contributed by atoms with Crippen LogP contribution >= 0.6 is 0 Å². The molecule has 0 bridgehead atoms. The van der Waals surface area contributed by atoms with E-state index in [1.165, 1.54) is 37.1 Å². The van der Waals surface area contributed by atoms with E-state index in [-0.39, 0.29) is 0 Å². The second-order valence-corrected chi connectivity index (χ2v) is 5.42. The Morgan fingerprint density at radius 1 is 1.39 bits per heavy atom. The topological polar surface area (TPSA) is 15.3 Å². The average molecular weight is 246 g/mol. The molecule has 2 atom stereocenters. The van der Waals surface area contributed by atoms with Crippen molar-refractivity contribution < 1.29 is 0 Å². The molecule has 0 aliphatic carbocycles. The molecule has 100 valence electrons. The molecule has 0 aromatic heterocycles. The molecule has 2 unspecified atom stereocenters. The maximum Gasteiger partial charge on any atom is 0.0417 e. The molecule has 2 nitrogen and oxygen atoms in total. The van der Waals surface area contributed by atoms with E-state index in [1.54, 1.807) is 0 Å². The maximum absolute atomic E-state index is 3.60. The first-order valence-electron chi connectivity index (χ1n) is 7.33. The van der Waals surface area contributed by atoms with Crippen molar-refractivity contribution in [3.05, 3.63) is 29.8 Å². The maximum atomic E-state index is 3.60. The Bertz CT molecular complexity index is 375. The van der Waals surface area contributed by atoms with E-state index >= 15 is 0 Å². The Morgan fingerprint density at radius 3 is 2.83 bits per heavy atom. The first kappa shape index (κ1) is 13.4. The first-order valence-corrected chi connectivity index (χ1v) is 7.33. The van der Waals surface area contributed by atoms with Crippen LogP contribution in [0.1, 0.15) is 51.6 Å². The average Bonchev–Trinajstić information content (AvgIpc) is 2.82. The summed E-state index contributed by atoms with van der Waals surface area (Å²) in [6.07, 6.45) is 3.84. The molecule has 1 N–H and O–H groups in total. The number of nitrogens with zero attached hydrogens (tertiary/aromatic N) is 1. The van der Waals surface area contributed by atoms with Gasteiger partial charge < -0.3 is 10.2 Å². The monoisotopic (exact) mass is 246 g/mol. The van der Waals surface area contributed by atoms with Gasteiger partial charge in [0.1, 0.15) is 0 Å². The Balaban J connectivity index is 2.19. The van der Waals surface area contributed by atoms with Crippen LogP contribution in [0.4, 0.5) is 5.69 Å². The van der Waals surface area contributed by atoms with Crippen molar-refractivity contribution >= 4 is 5.69 Å². The van der Waals surface area contributed by atoms with E-state index in [9.17, 15) is 0 Å². The molecule has 18 heavy (non-hydrogen) atoms. The van der Waals surface area contributed by atoms with Gasteiger partial charge >= 0.3 is 0 Å². The summed E-state index contributed by atoms with van der Waals surface area (Å²) in [6.45, 7) is 9.13. The zero-order chi connectivity index (χ0) is 13.0. The van der Waals surface area contributed by atoms with E-state index in [0.29, 0.717) is 12.1 Å². The van der Waals surface area contributed by atoms with Gasteiger partial charge in [-0.25, -0.2) is 0 Å². The smallest absolute Gasteiger partial charge is 0.0417 e. The van der Waals surface area contributed by atoms with Crippen LogP contribution in [0.5, 0.6) is 0 Å². The molecule has 2 rings (SSSR count). The zero-order valence-corrected chi connectivity index (χ0v) is 11.9. The summed E-state index contributed by atoms with van der Waals surface area (Å²) in [5, 5.41) is 3.60. The highest BCUT2D eigenvalue weighted by molar-refractivity contribution is 5.56. The second-order valence-electron chi connectivity index (χ2n) is 5.42. The molecule has 1 fully saturated rings. The summed E-state index contributed by atoms with van der Waals surface area (Å²) in [4.78, 5) is 2.57. The number of anilines is 1. The summed E-state index contributed by atoms with van der Waals surface area (Å²) in [6, 6.07) is 9.99. The molecule has 1 aliphatic rings. The molecule has 1 aromatic rings. The fourth-order valence-corrected chi connectivity index (χ4v) is 2.88. The summed E-state index contributed by atoms with van der Waals surface area (Å²) in [7, 11) is 0. The zero-order valence-electron chi connectivity index (χ0n) is 11.9. The first-order chi connectivity index (χ1) is 8.74. The number of nitrogens with one attached hydrogen (secondary N) is 1. The van der Waals surface area contributed by atoms with Gasteiger partial charge in [0.25, 0.3) is 0 Å².